The summed E-state index contributed by atoms with van der Waals surface area (Å²) in [4.78, 5) is 4.10. The number of hydrogen-bond acceptors (Lipinski definition) is 3. The summed E-state index contributed by atoms with van der Waals surface area (Å²) in [6, 6.07) is 6.68. The van der Waals surface area contributed by atoms with Crippen LogP contribution < -0.4 is 5.73 Å². The van der Waals surface area contributed by atoms with Gasteiger partial charge in [-0.2, -0.15) is 0 Å². The molecule has 1 aromatic carbocycles. The minimum absolute atomic E-state index is 0.434. The number of nitrogens with two attached hydrogens (primary N) is 1. The first-order valence-electron chi connectivity index (χ1n) is 5.39. The fraction of sp³-hybridized carbons (Fsp3) is 0.417. The molecule has 1 fully saturated rings. The van der Waals surface area contributed by atoms with Gasteiger partial charge in [-0.3, -0.25) is 0 Å². The Labute approximate surface area is 88.3 Å². The summed E-state index contributed by atoms with van der Waals surface area (Å²) in [5.41, 5.74) is 8.92. The lowest BCUT2D eigenvalue weighted by Gasteiger charge is -2.32. The van der Waals surface area contributed by atoms with Crippen molar-refractivity contribution in [1.82, 2.24) is 4.98 Å². The molecule has 1 saturated carbocycles. The van der Waals surface area contributed by atoms with E-state index in [1.54, 1.807) is 0 Å². The molecule has 2 aromatic rings. The maximum atomic E-state index is 5.77. The summed E-state index contributed by atoms with van der Waals surface area (Å²) in [7, 11) is 0. The number of rotatable bonds is 2. The van der Waals surface area contributed by atoms with Crippen LogP contribution in [0, 0.1) is 5.92 Å². The fourth-order valence-corrected chi connectivity index (χ4v) is 2.31. The fourth-order valence-electron chi connectivity index (χ4n) is 2.31. The standard InChI is InChI=1S/C12H14N2O/c13-10-4-9(5-10)3-8-1-2-11-12(6-8)15-7-14-11/h1-2,6-7,9-10H,3-5,13H2. The molecule has 3 heteroatoms. The van der Waals surface area contributed by atoms with E-state index in [2.05, 4.69) is 17.1 Å². The first-order valence-corrected chi connectivity index (χ1v) is 5.39. The molecule has 0 amide bonds. The van der Waals surface area contributed by atoms with Crippen molar-refractivity contribution in [3.63, 3.8) is 0 Å². The van der Waals surface area contributed by atoms with Gasteiger partial charge in [-0.1, -0.05) is 6.07 Å². The minimum atomic E-state index is 0.434. The molecule has 3 rings (SSSR count). The molecule has 0 atom stereocenters. The van der Waals surface area contributed by atoms with Crippen molar-refractivity contribution in [2.45, 2.75) is 25.3 Å². The Hall–Kier alpha value is -1.35. The molecule has 2 N–H and O–H groups in total. The summed E-state index contributed by atoms with van der Waals surface area (Å²) >= 11 is 0. The Morgan fingerprint density at radius 3 is 3.07 bits per heavy atom. The van der Waals surface area contributed by atoms with Crippen LogP contribution in [0.3, 0.4) is 0 Å². The molecule has 0 bridgehead atoms. The molecule has 1 aliphatic carbocycles. The second-order valence-corrected chi connectivity index (χ2v) is 4.46. The molecular formula is C12H14N2O. The molecule has 3 nitrogen and oxygen atoms in total. The predicted molar refractivity (Wildman–Crippen MR) is 58.4 cm³/mol. The van der Waals surface area contributed by atoms with Crippen molar-refractivity contribution < 1.29 is 4.42 Å². The van der Waals surface area contributed by atoms with Crippen LogP contribution >= 0.6 is 0 Å². The summed E-state index contributed by atoms with van der Waals surface area (Å²) in [5, 5.41) is 0. The maximum Gasteiger partial charge on any atom is 0.181 e. The van der Waals surface area contributed by atoms with Crippen LogP contribution in [0.5, 0.6) is 0 Å². The molecule has 1 heterocycles. The van der Waals surface area contributed by atoms with Crippen molar-refractivity contribution in [1.29, 1.82) is 0 Å². The predicted octanol–water partition coefficient (Wildman–Crippen LogP) is 2.11. The normalized spacial score (nSPS) is 25.4. The Kier molecular flexibility index (Phi) is 1.99. The lowest BCUT2D eigenvalue weighted by atomic mass is 9.77. The highest BCUT2D eigenvalue weighted by molar-refractivity contribution is 5.72. The van der Waals surface area contributed by atoms with Gasteiger partial charge in [-0.05, 0) is 42.9 Å². The molecule has 0 saturated heterocycles. The molecule has 1 aromatic heterocycles. The van der Waals surface area contributed by atoms with Gasteiger partial charge >= 0.3 is 0 Å². The van der Waals surface area contributed by atoms with Gasteiger partial charge in [0.25, 0.3) is 0 Å². The average molecular weight is 202 g/mol. The van der Waals surface area contributed by atoms with Crippen LogP contribution in [0.15, 0.2) is 29.0 Å². The Morgan fingerprint density at radius 2 is 2.27 bits per heavy atom. The lowest BCUT2D eigenvalue weighted by Crippen LogP contribution is -2.37. The minimum Gasteiger partial charge on any atom is -0.443 e. The maximum absolute atomic E-state index is 5.77. The zero-order valence-electron chi connectivity index (χ0n) is 8.52. The van der Waals surface area contributed by atoms with E-state index >= 15 is 0 Å². The first-order chi connectivity index (χ1) is 7.31. The third-order valence-corrected chi connectivity index (χ3v) is 3.19. The highest BCUT2D eigenvalue weighted by Crippen LogP contribution is 2.29. The molecule has 0 aliphatic heterocycles. The monoisotopic (exact) mass is 202 g/mol. The summed E-state index contributed by atoms with van der Waals surface area (Å²) < 4.78 is 5.28. The van der Waals surface area contributed by atoms with Crippen LogP contribution in [-0.2, 0) is 6.42 Å². The second kappa shape index (κ2) is 3.35. The Balaban J connectivity index is 1.79. The van der Waals surface area contributed by atoms with E-state index in [0.717, 1.165) is 36.3 Å². The molecule has 0 spiro atoms. The number of aromatic nitrogens is 1. The van der Waals surface area contributed by atoms with Crippen molar-refractivity contribution in [2.75, 3.05) is 0 Å². The van der Waals surface area contributed by atoms with Crippen LogP contribution in [0.1, 0.15) is 18.4 Å². The van der Waals surface area contributed by atoms with Gasteiger partial charge in [0.05, 0.1) is 0 Å². The zero-order chi connectivity index (χ0) is 10.3. The zero-order valence-corrected chi connectivity index (χ0v) is 8.52. The van der Waals surface area contributed by atoms with Crippen molar-refractivity contribution >= 4 is 11.1 Å². The second-order valence-electron chi connectivity index (χ2n) is 4.46. The van der Waals surface area contributed by atoms with Crippen molar-refractivity contribution in [3.8, 4) is 0 Å². The van der Waals surface area contributed by atoms with Crippen LogP contribution in [-0.4, -0.2) is 11.0 Å². The third kappa shape index (κ3) is 1.63. The van der Waals surface area contributed by atoms with E-state index in [1.807, 2.05) is 6.07 Å². The number of hydrogen-bond donors (Lipinski definition) is 1. The van der Waals surface area contributed by atoms with Gasteiger partial charge in [-0.25, -0.2) is 4.98 Å². The van der Waals surface area contributed by atoms with Crippen LogP contribution in [0.2, 0.25) is 0 Å². The van der Waals surface area contributed by atoms with Gasteiger partial charge in [-0.15, -0.1) is 0 Å². The summed E-state index contributed by atoms with van der Waals surface area (Å²) in [6.07, 6.45) is 4.93. The van der Waals surface area contributed by atoms with Crippen molar-refractivity contribution in [3.05, 3.63) is 30.2 Å². The van der Waals surface area contributed by atoms with Gasteiger partial charge in [0.1, 0.15) is 5.52 Å². The largest absolute Gasteiger partial charge is 0.443 e. The van der Waals surface area contributed by atoms with Gasteiger partial charge < -0.3 is 10.2 Å². The molecule has 0 unspecified atom stereocenters. The molecule has 1 aliphatic rings. The summed E-state index contributed by atoms with van der Waals surface area (Å²) in [6.45, 7) is 0. The van der Waals surface area contributed by atoms with Crippen LogP contribution in [0.4, 0.5) is 0 Å². The van der Waals surface area contributed by atoms with Gasteiger partial charge in [0.2, 0.25) is 0 Å². The van der Waals surface area contributed by atoms with E-state index in [-0.39, 0.29) is 0 Å². The van der Waals surface area contributed by atoms with E-state index < -0.39 is 0 Å². The van der Waals surface area contributed by atoms with E-state index in [9.17, 15) is 0 Å². The first kappa shape index (κ1) is 8.92. The lowest BCUT2D eigenvalue weighted by molar-refractivity contribution is 0.264. The number of benzene rings is 1. The topological polar surface area (TPSA) is 52.0 Å². The Bertz CT molecular complexity index is 471. The Morgan fingerprint density at radius 1 is 1.40 bits per heavy atom. The summed E-state index contributed by atoms with van der Waals surface area (Å²) in [5.74, 6) is 0.764. The molecular weight excluding hydrogens is 188 g/mol. The molecule has 78 valence electrons. The third-order valence-electron chi connectivity index (χ3n) is 3.19. The number of nitrogens with zero attached hydrogens (tertiary/aromatic N) is 1. The van der Waals surface area contributed by atoms with Gasteiger partial charge in [0.15, 0.2) is 12.0 Å². The van der Waals surface area contributed by atoms with Gasteiger partial charge in [0, 0.05) is 6.04 Å². The van der Waals surface area contributed by atoms with E-state index in [0.29, 0.717) is 6.04 Å². The van der Waals surface area contributed by atoms with E-state index in [1.165, 1.54) is 12.0 Å². The number of fused-ring (bicyclic) bond motifs is 1. The molecule has 15 heavy (non-hydrogen) atoms. The van der Waals surface area contributed by atoms with Crippen LogP contribution in [0.25, 0.3) is 11.1 Å². The van der Waals surface area contributed by atoms with E-state index in [4.69, 9.17) is 10.2 Å². The SMILES string of the molecule is NC1CC(Cc2ccc3ncoc3c2)C1. The highest BCUT2D eigenvalue weighted by atomic mass is 16.3. The average Bonchev–Trinajstić information content (AvgIpc) is 2.62. The molecule has 0 radical (unpaired) electrons. The number of oxazole rings is 1. The quantitative estimate of drug-likeness (QED) is 0.811. The van der Waals surface area contributed by atoms with Crippen molar-refractivity contribution in [2.24, 2.45) is 11.7 Å². The highest BCUT2D eigenvalue weighted by Gasteiger charge is 2.25. The smallest absolute Gasteiger partial charge is 0.181 e.